The van der Waals surface area contributed by atoms with Gasteiger partial charge in [0.25, 0.3) is 5.91 Å². The molecular weight excluding hydrogens is 417 g/mol. The maximum absolute atomic E-state index is 13.3. The average molecular weight is 439 g/mol. The predicted molar refractivity (Wildman–Crippen MR) is 111 cm³/mol. The van der Waals surface area contributed by atoms with E-state index >= 15 is 0 Å². The fourth-order valence-corrected chi connectivity index (χ4v) is 4.05. The van der Waals surface area contributed by atoms with Crippen LogP contribution in [0.1, 0.15) is 57.9 Å². The zero-order valence-electron chi connectivity index (χ0n) is 17.7. The number of halogens is 1. The molecule has 1 aliphatic rings. The molecule has 0 bridgehead atoms. The fraction of sp³-hybridized carbons (Fsp3) is 0.304. The highest BCUT2D eigenvalue weighted by Gasteiger charge is 2.44. The average Bonchev–Trinajstić information content (AvgIpc) is 3.47. The van der Waals surface area contributed by atoms with Crippen molar-refractivity contribution in [2.75, 3.05) is 0 Å². The highest BCUT2D eigenvalue weighted by Crippen LogP contribution is 2.34. The second kappa shape index (κ2) is 8.07. The maximum Gasteiger partial charge on any atom is 0.356 e. The number of nitrogens with two attached hydrogens (primary N) is 1. The molecule has 1 aromatic carbocycles. The van der Waals surface area contributed by atoms with Crippen LogP contribution in [0.3, 0.4) is 0 Å². The molecule has 1 aliphatic carbocycles. The number of carbonyl (C=O) groups is 3. The van der Waals surface area contributed by atoms with Gasteiger partial charge in [0.15, 0.2) is 11.4 Å². The van der Waals surface area contributed by atoms with Crippen LogP contribution in [0, 0.1) is 12.7 Å². The predicted octanol–water partition coefficient (Wildman–Crippen LogP) is 3.31. The Morgan fingerprint density at radius 2 is 1.84 bits per heavy atom. The van der Waals surface area contributed by atoms with Crippen LogP contribution < -0.4 is 5.73 Å². The molecule has 1 fully saturated rings. The van der Waals surface area contributed by atoms with Gasteiger partial charge in [-0.1, -0.05) is 5.16 Å². The highest BCUT2D eigenvalue weighted by atomic mass is 19.1. The van der Waals surface area contributed by atoms with Crippen LogP contribution >= 0.6 is 0 Å². The zero-order valence-corrected chi connectivity index (χ0v) is 17.7. The molecular formula is C23H22FN3O5. The van der Waals surface area contributed by atoms with Crippen molar-refractivity contribution in [1.29, 1.82) is 0 Å². The van der Waals surface area contributed by atoms with Crippen molar-refractivity contribution in [3.63, 3.8) is 0 Å². The standard InChI is InChI=1S/C23H22FN3O5/c1-13-18(19(26-32-13)14-5-7-16(24)8-6-14)20(28)15-11-17(27(2)12-15)21(29)31-23(22(25)30)9-3-4-10-23/h5-8,11-12H,3-4,9-10H2,1-2H3,(H2,25,30). The summed E-state index contributed by atoms with van der Waals surface area (Å²) in [6.07, 6.45) is 3.74. The molecule has 2 aromatic heterocycles. The van der Waals surface area contributed by atoms with Crippen LogP contribution in [0.4, 0.5) is 4.39 Å². The van der Waals surface area contributed by atoms with Gasteiger partial charge < -0.3 is 19.6 Å². The first-order valence-corrected chi connectivity index (χ1v) is 10.2. The summed E-state index contributed by atoms with van der Waals surface area (Å²) >= 11 is 0. The van der Waals surface area contributed by atoms with Gasteiger partial charge in [0.05, 0.1) is 5.56 Å². The lowest BCUT2D eigenvalue weighted by Gasteiger charge is -2.25. The second-order valence-corrected chi connectivity index (χ2v) is 7.98. The third-order valence-electron chi connectivity index (χ3n) is 5.83. The molecule has 0 unspecified atom stereocenters. The number of aryl methyl sites for hydroxylation is 2. The van der Waals surface area contributed by atoms with Gasteiger partial charge in [-0.2, -0.15) is 0 Å². The van der Waals surface area contributed by atoms with Crippen molar-refractivity contribution in [3.8, 4) is 11.3 Å². The molecule has 166 valence electrons. The quantitative estimate of drug-likeness (QED) is 0.465. The molecule has 1 amide bonds. The molecule has 0 radical (unpaired) electrons. The highest BCUT2D eigenvalue weighted by molar-refractivity contribution is 6.13. The van der Waals surface area contributed by atoms with Gasteiger partial charge in [0, 0.05) is 24.4 Å². The van der Waals surface area contributed by atoms with Crippen molar-refractivity contribution in [2.45, 2.75) is 38.2 Å². The molecule has 0 spiro atoms. The van der Waals surface area contributed by atoms with Crippen LogP contribution in [-0.4, -0.2) is 33.0 Å². The van der Waals surface area contributed by atoms with Gasteiger partial charge >= 0.3 is 5.97 Å². The monoisotopic (exact) mass is 439 g/mol. The van der Waals surface area contributed by atoms with Gasteiger partial charge in [-0.05, 0) is 62.9 Å². The van der Waals surface area contributed by atoms with E-state index in [0.29, 0.717) is 24.2 Å². The molecule has 0 saturated heterocycles. The minimum absolute atomic E-state index is 0.110. The van der Waals surface area contributed by atoms with E-state index in [4.69, 9.17) is 15.0 Å². The number of ketones is 1. The first kappa shape index (κ1) is 21.5. The molecule has 3 aromatic rings. The smallest absolute Gasteiger partial charge is 0.356 e. The maximum atomic E-state index is 13.3. The number of primary amides is 1. The van der Waals surface area contributed by atoms with Crippen molar-refractivity contribution < 1.29 is 28.0 Å². The number of aromatic nitrogens is 2. The number of nitrogens with zero attached hydrogens (tertiary/aromatic N) is 2. The van der Waals surface area contributed by atoms with Crippen molar-refractivity contribution in [3.05, 3.63) is 64.9 Å². The number of carbonyl (C=O) groups excluding carboxylic acids is 3. The molecule has 1 saturated carbocycles. The van der Waals surface area contributed by atoms with Crippen molar-refractivity contribution in [2.24, 2.45) is 12.8 Å². The third kappa shape index (κ3) is 3.70. The second-order valence-electron chi connectivity index (χ2n) is 7.98. The largest absolute Gasteiger partial charge is 0.444 e. The molecule has 32 heavy (non-hydrogen) atoms. The molecule has 0 atom stereocenters. The van der Waals surface area contributed by atoms with Crippen molar-refractivity contribution in [1.82, 2.24) is 9.72 Å². The van der Waals surface area contributed by atoms with E-state index < -0.39 is 29.1 Å². The summed E-state index contributed by atoms with van der Waals surface area (Å²) in [4.78, 5) is 38.0. The number of hydrogen-bond donors (Lipinski definition) is 1. The number of hydrogen-bond acceptors (Lipinski definition) is 6. The Morgan fingerprint density at radius 1 is 1.19 bits per heavy atom. The summed E-state index contributed by atoms with van der Waals surface area (Å²) in [7, 11) is 1.60. The summed E-state index contributed by atoms with van der Waals surface area (Å²) < 4.78 is 25.5. The van der Waals surface area contributed by atoms with Gasteiger partial charge in [0.2, 0.25) is 0 Å². The first-order valence-electron chi connectivity index (χ1n) is 10.2. The van der Waals surface area contributed by atoms with E-state index in [1.165, 1.54) is 41.1 Å². The lowest BCUT2D eigenvalue weighted by molar-refractivity contribution is -0.136. The van der Waals surface area contributed by atoms with Gasteiger partial charge in [-0.25, -0.2) is 9.18 Å². The Bertz CT molecular complexity index is 1200. The van der Waals surface area contributed by atoms with Crippen LogP contribution in [0.2, 0.25) is 0 Å². The Morgan fingerprint density at radius 3 is 2.47 bits per heavy atom. The lowest BCUT2D eigenvalue weighted by atomic mass is 9.99. The van der Waals surface area contributed by atoms with Crippen LogP contribution in [-0.2, 0) is 16.6 Å². The van der Waals surface area contributed by atoms with E-state index in [1.54, 1.807) is 14.0 Å². The summed E-state index contributed by atoms with van der Waals surface area (Å²) in [5, 5.41) is 3.96. The Labute approximate surface area is 183 Å². The minimum Gasteiger partial charge on any atom is -0.444 e. The normalized spacial score (nSPS) is 15.0. The molecule has 9 heteroatoms. The molecule has 2 N–H and O–H groups in total. The van der Waals surface area contributed by atoms with E-state index in [2.05, 4.69) is 5.16 Å². The summed E-state index contributed by atoms with van der Waals surface area (Å²) in [6, 6.07) is 6.93. The molecule has 4 rings (SSSR count). The Kier molecular flexibility index (Phi) is 5.41. The summed E-state index contributed by atoms with van der Waals surface area (Å²) in [6.45, 7) is 1.60. The minimum atomic E-state index is -1.31. The fourth-order valence-electron chi connectivity index (χ4n) is 4.05. The first-order chi connectivity index (χ1) is 15.2. The van der Waals surface area contributed by atoms with Crippen LogP contribution in [0.15, 0.2) is 41.1 Å². The summed E-state index contributed by atoms with van der Waals surface area (Å²) in [5.41, 5.74) is 5.52. The van der Waals surface area contributed by atoms with Crippen LogP contribution in [0.25, 0.3) is 11.3 Å². The van der Waals surface area contributed by atoms with Gasteiger partial charge in [-0.3, -0.25) is 9.59 Å². The number of amides is 1. The van der Waals surface area contributed by atoms with E-state index in [0.717, 1.165) is 12.8 Å². The number of benzene rings is 1. The zero-order chi connectivity index (χ0) is 23.0. The van der Waals surface area contributed by atoms with E-state index in [1.807, 2.05) is 0 Å². The SMILES string of the molecule is Cc1onc(-c2ccc(F)cc2)c1C(=O)c1cc(C(=O)OC2(C(N)=O)CCCC2)n(C)c1. The molecule has 2 heterocycles. The number of esters is 1. The Hall–Kier alpha value is -3.75. The molecule has 0 aliphatic heterocycles. The van der Waals surface area contributed by atoms with E-state index in [-0.39, 0.29) is 22.5 Å². The third-order valence-corrected chi connectivity index (χ3v) is 5.83. The van der Waals surface area contributed by atoms with Crippen LogP contribution in [0.5, 0.6) is 0 Å². The lowest BCUT2D eigenvalue weighted by Crippen LogP contribution is -2.45. The van der Waals surface area contributed by atoms with E-state index in [9.17, 15) is 18.8 Å². The number of ether oxygens (including phenoxy) is 1. The van der Waals surface area contributed by atoms with Crippen molar-refractivity contribution >= 4 is 17.7 Å². The molecule has 8 nitrogen and oxygen atoms in total. The number of rotatable bonds is 6. The Balaban J connectivity index is 1.64. The van der Waals surface area contributed by atoms with Gasteiger partial charge in [-0.15, -0.1) is 0 Å². The van der Waals surface area contributed by atoms with Gasteiger partial charge in [0.1, 0.15) is 23.0 Å². The summed E-state index contributed by atoms with van der Waals surface area (Å²) in [5.74, 6) is -1.93. The topological polar surface area (TPSA) is 117 Å².